The molecule has 1 saturated carbocycles. The van der Waals surface area contributed by atoms with Gasteiger partial charge in [-0.2, -0.15) is 0 Å². The number of ether oxygens (including phenoxy) is 1. The van der Waals surface area contributed by atoms with Crippen LogP contribution in [0.4, 0.5) is 5.82 Å². The highest BCUT2D eigenvalue weighted by atomic mass is 16.5. The number of carboxylic acid groups (broad SMARTS) is 1. The lowest BCUT2D eigenvalue weighted by atomic mass is 9.84. The van der Waals surface area contributed by atoms with Crippen molar-refractivity contribution in [2.24, 2.45) is 5.92 Å². The van der Waals surface area contributed by atoms with Gasteiger partial charge in [0.1, 0.15) is 5.82 Å². The molecule has 1 heterocycles. The number of aliphatic carboxylic acids is 1. The molecule has 0 saturated heterocycles. The van der Waals surface area contributed by atoms with Gasteiger partial charge in [-0.05, 0) is 19.8 Å². The van der Waals surface area contributed by atoms with Gasteiger partial charge >= 0.3 is 11.9 Å². The Bertz CT molecular complexity index is 547. The van der Waals surface area contributed by atoms with Gasteiger partial charge in [-0.15, -0.1) is 0 Å². The summed E-state index contributed by atoms with van der Waals surface area (Å²) in [6, 6.07) is 1.51. The summed E-state index contributed by atoms with van der Waals surface area (Å²) in [4.78, 5) is 30.9. The third-order valence-corrected chi connectivity index (χ3v) is 3.64. The molecule has 7 heteroatoms. The van der Waals surface area contributed by atoms with Gasteiger partial charge in [0.15, 0.2) is 0 Å². The summed E-state index contributed by atoms with van der Waals surface area (Å²) in [5, 5.41) is 12.4. The minimum absolute atomic E-state index is 0.0253. The van der Waals surface area contributed by atoms with Gasteiger partial charge in [0.2, 0.25) is 5.82 Å². The average Bonchev–Trinajstić information content (AvgIpc) is 2.46. The minimum Gasteiger partial charge on any atom is -0.481 e. The molecular formula is C14H19N3O4. The van der Waals surface area contributed by atoms with Crippen molar-refractivity contribution in [2.45, 2.75) is 38.6 Å². The molecule has 2 unspecified atom stereocenters. The van der Waals surface area contributed by atoms with Crippen molar-refractivity contribution in [3.05, 3.63) is 17.6 Å². The second kappa shape index (κ2) is 6.51. The van der Waals surface area contributed by atoms with Crippen LogP contribution in [-0.4, -0.2) is 40.2 Å². The van der Waals surface area contributed by atoms with E-state index in [1.54, 1.807) is 13.0 Å². The van der Waals surface area contributed by atoms with Crippen LogP contribution >= 0.6 is 0 Å². The van der Waals surface area contributed by atoms with E-state index in [0.29, 0.717) is 17.9 Å². The lowest BCUT2D eigenvalue weighted by molar-refractivity contribution is -0.143. The highest BCUT2D eigenvalue weighted by Crippen LogP contribution is 2.27. The van der Waals surface area contributed by atoms with E-state index in [-0.39, 0.29) is 11.9 Å². The minimum atomic E-state index is -0.800. The Morgan fingerprint density at radius 1 is 1.33 bits per heavy atom. The topological polar surface area (TPSA) is 101 Å². The first-order valence-corrected chi connectivity index (χ1v) is 6.94. The maximum Gasteiger partial charge on any atom is 0.376 e. The van der Waals surface area contributed by atoms with Crippen LogP contribution in [0.3, 0.4) is 0 Å². The maximum atomic E-state index is 11.5. The SMILES string of the molecule is COC(=O)c1nc(C)cc(NC2CCCCC2C(=O)O)n1. The molecule has 1 aromatic heterocycles. The summed E-state index contributed by atoms with van der Waals surface area (Å²) < 4.78 is 4.61. The fourth-order valence-corrected chi connectivity index (χ4v) is 2.61. The number of hydrogen-bond donors (Lipinski definition) is 2. The zero-order valence-electron chi connectivity index (χ0n) is 12.1. The van der Waals surface area contributed by atoms with Crippen molar-refractivity contribution in [2.75, 3.05) is 12.4 Å². The molecule has 1 aliphatic carbocycles. The smallest absolute Gasteiger partial charge is 0.376 e. The zero-order valence-corrected chi connectivity index (χ0v) is 12.1. The van der Waals surface area contributed by atoms with Gasteiger partial charge in [0.05, 0.1) is 13.0 Å². The summed E-state index contributed by atoms with van der Waals surface area (Å²) in [7, 11) is 1.27. The van der Waals surface area contributed by atoms with Crippen LogP contribution < -0.4 is 5.32 Å². The molecule has 21 heavy (non-hydrogen) atoms. The number of esters is 1. The summed E-state index contributed by atoms with van der Waals surface area (Å²) in [5.74, 6) is -1.41. The number of carbonyl (C=O) groups excluding carboxylic acids is 1. The van der Waals surface area contributed by atoms with Crippen LogP contribution in [0.2, 0.25) is 0 Å². The number of hydrogen-bond acceptors (Lipinski definition) is 6. The molecule has 2 atom stereocenters. The van der Waals surface area contributed by atoms with Crippen molar-refractivity contribution in [1.29, 1.82) is 0 Å². The van der Waals surface area contributed by atoms with Crippen LogP contribution in [0.25, 0.3) is 0 Å². The summed E-state index contributed by atoms with van der Waals surface area (Å²) in [5.41, 5.74) is 0.621. The van der Waals surface area contributed by atoms with Gasteiger partial charge in [0, 0.05) is 17.8 Å². The molecule has 1 fully saturated rings. The van der Waals surface area contributed by atoms with E-state index >= 15 is 0 Å². The number of rotatable bonds is 4. The Balaban J connectivity index is 2.19. The number of carboxylic acids is 1. The molecule has 0 aliphatic heterocycles. The summed E-state index contributed by atoms with van der Waals surface area (Å²) in [6.45, 7) is 1.74. The molecule has 2 N–H and O–H groups in total. The first-order valence-electron chi connectivity index (χ1n) is 6.94. The molecular weight excluding hydrogens is 274 g/mol. The van der Waals surface area contributed by atoms with Crippen molar-refractivity contribution in [3.63, 3.8) is 0 Å². The molecule has 0 bridgehead atoms. The Morgan fingerprint density at radius 3 is 2.71 bits per heavy atom. The predicted octanol–water partition coefficient (Wildman–Crippen LogP) is 1.63. The number of anilines is 1. The van der Waals surface area contributed by atoms with E-state index in [1.165, 1.54) is 7.11 Å². The summed E-state index contributed by atoms with van der Waals surface area (Å²) in [6.07, 6.45) is 3.33. The second-order valence-corrected chi connectivity index (χ2v) is 5.19. The van der Waals surface area contributed by atoms with Gasteiger partial charge in [-0.3, -0.25) is 4.79 Å². The first-order chi connectivity index (χ1) is 10.0. The highest BCUT2D eigenvalue weighted by molar-refractivity contribution is 5.85. The van der Waals surface area contributed by atoms with Crippen molar-refractivity contribution >= 4 is 17.8 Å². The molecule has 0 amide bonds. The third-order valence-electron chi connectivity index (χ3n) is 3.64. The Kier molecular flexibility index (Phi) is 4.72. The number of nitrogens with one attached hydrogen (secondary N) is 1. The number of nitrogens with zero attached hydrogens (tertiary/aromatic N) is 2. The standard InChI is InChI=1S/C14H19N3O4/c1-8-7-11(17-12(15-8)14(20)21-2)16-10-6-4-3-5-9(10)13(18)19/h7,9-10H,3-6H2,1-2H3,(H,18,19)(H,15,16,17). The number of aryl methyl sites for hydroxylation is 1. The molecule has 0 spiro atoms. The Labute approximate surface area is 122 Å². The van der Waals surface area contributed by atoms with Crippen LogP contribution in [-0.2, 0) is 9.53 Å². The maximum absolute atomic E-state index is 11.5. The van der Waals surface area contributed by atoms with Gasteiger partial charge in [-0.25, -0.2) is 14.8 Å². The van der Waals surface area contributed by atoms with Crippen LogP contribution in [0, 0.1) is 12.8 Å². The van der Waals surface area contributed by atoms with E-state index in [9.17, 15) is 14.7 Å². The van der Waals surface area contributed by atoms with Crippen molar-refractivity contribution in [1.82, 2.24) is 9.97 Å². The summed E-state index contributed by atoms with van der Waals surface area (Å²) >= 11 is 0. The van der Waals surface area contributed by atoms with Gasteiger partial charge < -0.3 is 15.2 Å². The lowest BCUT2D eigenvalue weighted by Crippen LogP contribution is -2.37. The highest BCUT2D eigenvalue weighted by Gasteiger charge is 2.31. The van der Waals surface area contributed by atoms with Gasteiger partial charge in [0.25, 0.3) is 0 Å². The Morgan fingerprint density at radius 2 is 2.05 bits per heavy atom. The number of carbonyl (C=O) groups is 2. The van der Waals surface area contributed by atoms with Crippen molar-refractivity contribution in [3.8, 4) is 0 Å². The van der Waals surface area contributed by atoms with Crippen molar-refractivity contribution < 1.29 is 19.4 Å². The molecule has 114 valence electrons. The van der Waals surface area contributed by atoms with Gasteiger partial charge in [-0.1, -0.05) is 12.8 Å². The monoisotopic (exact) mass is 293 g/mol. The first kappa shape index (κ1) is 15.2. The molecule has 2 rings (SSSR count). The molecule has 7 nitrogen and oxygen atoms in total. The lowest BCUT2D eigenvalue weighted by Gasteiger charge is -2.29. The second-order valence-electron chi connectivity index (χ2n) is 5.19. The largest absolute Gasteiger partial charge is 0.481 e. The van der Waals surface area contributed by atoms with E-state index < -0.39 is 17.9 Å². The number of methoxy groups -OCH3 is 1. The van der Waals surface area contributed by atoms with E-state index in [1.807, 2.05) is 0 Å². The molecule has 1 aliphatic rings. The molecule has 1 aromatic rings. The van der Waals surface area contributed by atoms with Crippen LogP contribution in [0.1, 0.15) is 42.0 Å². The fourth-order valence-electron chi connectivity index (χ4n) is 2.61. The quantitative estimate of drug-likeness (QED) is 0.813. The predicted molar refractivity (Wildman–Crippen MR) is 75.1 cm³/mol. The normalized spacial score (nSPS) is 21.6. The Hall–Kier alpha value is -2.18. The zero-order chi connectivity index (χ0) is 15.4. The van der Waals surface area contributed by atoms with Crippen LogP contribution in [0.5, 0.6) is 0 Å². The molecule has 0 radical (unpaired) electrons. The van der Waals surface area contributed by atoms with Crippen LogP contribution in [0.15, 0.2) is 6.07 Å². The number of aromatic nitrogens is 2. The third kappa shape index (κ3) is 3.68. The molecule has 0 aromatic carbocycles. The van der Waals surface area contributed by atoms with E-state index in [2.05, 4.69) is 20.0 Å². The fraction of sp³-hybridized carbons (Fsp3) is 0.571. The van der Waals surface area contributed by atoms with E-state index in [4.69, 9.17) is 0 Å². The van der Waals surface area contributed by atoms with E-state index in [0.717, 1.165) is 19.3 Å². The average molecular weight is 293 g/mol.